The van der Waals surface area contributed by atoms with E-state index in [0.29, 0.717) is 11.3 Å². The Hall–Kier alpha value is -2.11. The van der Waals surface area contributed by atoms with Gasteiger partial charge in [-0.15, -0.1) is 0 Å². The van der Waals surface area contributed by atoms with Crippen molar-refractivity contribution < 1.29 is 14.3 Å². The molecule has 0 aliphatic carbocycles. The second-order valence-electron chi connectivity index (χ2n) is 3.13. The summed E-state index contributed by atoms with van der Waals surface area (Å²) in [5, 5.41) is 12.7. The van der Waals surface area contributed by atoms with E-state index in [2.05, 4.69) is 10.1 Å². The second kappa shape index (κ2) is 3.23. The fourth-order valence-electron chi connectivity index (χ4n) is 1.25. The number of carbonyl (C=O) groups is 1. The number of aromatic carboxylic acids is 1. The zero-order valence-corrected chi connectivity index (χ0v) is 8.26. The van der Waals surface area contributed by atoms with E-state index in [9.17, 15) is 4.79 Å². The number of rotatable bonds is 2. The number of hydrogen-bond acceptors (Lipinski definition) is 4. The van der Waals surface area contributed by atoms with Crippen LogP contribution in [0.3, 0.4) is 0 Å². The summed E-state index contributed by atoms with van der Waals surface area (Å²) in [6.07, 6.45) is 3.27. The van der Waals surface area contributed by atoms with Crippen LogP contribution in [0.25, 0.3) is 11.5 Å². The maximum Gasteiger partial charge on any atom is 0.358 e. The van der Waals surface area contributed by atoms with Gasteiger partial charge in [0.1, 0.15) is 5.76 Å². The second-order valence-corrected chi connectivity index (χ2v) is 3.13. The van der Waals surface area contributed by atoms with Crippen molar-refractivity contribution in [1.82, 2.24) is 14.8 Å². The van der Waals surface area contributed by atoms with E-state index in [1.54, 1.807) is 31.0 Å². The van der Waals surface area contributed by atoms with E-state index in [1.165, 1.54) is 0 Å². The van der Waals surface area contributed by atoms with Crippen LogP contribution in [-0.2, 0) is 7.05 Å². The molecule has 2 rings (SSSR count). The number of aromatic nitrogens is 3. The maximum atomic E-state index is 10.7. The number of carboxylic acids is 1. The Labute approximate surface area is 85.2 Å². The Morgan fingerprint density at radius 1 is 1.60 bits per heavy atom. The molecule has 6 nitrogen and oxygen atoms in total. The Bertz CT molecular complexity index is 512. The van der Waals surface area contributed by atoms with Gasteiger partial charge in [-0.3, -0.25) is 4.68 Å². The molecule has 0 atom stereocenters. The molecule has 1 N–H and O–H groups in total. The summed E-state index contributed by atoms with van der Waals surface area (Å²) in [6, 6.07) is 0. The van der Waals surface area contributed by atoms with Crippen molar-refractivity contribution in [3.63, 3.8) is 0 Å². The molecular weight excluding hydrogens is 198 g/mol. The molecule has 0 unspecified atom stereocenters. The van der Waals surface area contributed by atoms with Crippen molar-refractivity contribution >= 4 is 5.97 Å². The first-order chi connectivity index (χ1) is 7.08. The van der Waals surface area contributed by atoms with Crippen LogP contribution in [0, 0.1) is 6.92 Å². The fraction of sp³-hybridized carbons (Fsp3) is 0.222. The molecule has 0 aliphatic rings. The molecule has 6 heteroatoms. The SMILES string of the molecule is Cc1oc(-c2cnn(C)c2)nc1C(=O)O. The van der Waals surface area contributed by atoms with E-state index >= 15 is 0 Å². The summed E-state index contributed by atoms with van der Waals surface area (Å²) >= 11 is 0. The van der Waals surface area contributed by atoms with Crippen LogP contribution in [0.1, 0.15) is 16.2 Å². The summed E-state index contributed by atoms with van der Waals surface area (Å²) in [5.41, 5.74) is 0.599. The maximum absolute atomic E-state index is 10.7. The molecule has 0 amide bonds. The van der Waals surface area contributed by atoms with E-state index in [-0.39, 0.29) is 11.6 Å². The van der Waals surface area contributed by atoms with Crippen LogP contribution in [0.2, 0.25) is 0 Å². The Kier molecular flexibility index (Phi) is 2.03. The van der Waals surface area contributed by atoms with Crippen molar-refractivity contribution in [3.8, 4) is 11.5 Å². The number of aryl methyl sites for hydroxylation is 2. The van der Waals surface area contributed by atoms with Crippen LogP contribution >= 0.6 is 0 Å². The predicted molar refractivity (Wildman–Crippen MR) is 50.4 cm³/mol. The van der Waals surface area contributed by atoms with Crippen LogP contribution in [0.15, 0.2) is 16.8 Å². The molecule has 2 heterocycles. The third kappa shape index (κ3) is 1.61. The van der Waals surface area contributed by atoms with Gasteiger partial charge in [-0.25, -0.2) is 9.78 Å². The van der Waals surface area contributed by atoms with Crippen molar-refractivity contribution in [3.05, 3.63) is 23.8 Å². The zero-order chi connectivity index (χ0) is 11.0. The van der Waals surface area contributed by atoms with Crippen molar-refractivity contribution in [2.24, 2.45) is 7.05 Å². The third-order valence-electron chi connectivity index (χ3n) is 1.95. The number of nitrogens with zero attached hydrogens (tertiary/aromatic N) is 3. The summed E-state index contributed by atoms with van der Waals surface area (Å²) in [6.45, 7) is 1.57. The lowest BCUT2D eigenvalue weighted by atomic mass is 10.3. The molecule has 2 aromatic heterocycles. The van der Waals surface area contributed by atoms with Gasteiger partial charge in [-0.1, -0.05) is 0 Å². The molecular formula is C9H9N3O3. The van der Waals surface area contributed by atoms with E-state index in [0.717, 1.165) is 0 Å². The highest BCUT2D eigenvalue weighted by Crippen LogP contribution is 2.20. The van der Waals surface area contributed by atoms with Crippen molar-refractivity contribution in [2.75, 3.05) is 0 Å². The van der Waals surface area contributed by atoms with E-state index in [1.807, 2.05) is 0 Å². The summed E-state index contributed by atoms with van der Waals surface area (Å²) in [4.78, 5) is 14.6. The van der Waals surface area contributed by atoms with E-state index in [4.69, 9.17) is 9.52 Å². The van der Waals surface area contributed by atoms with Gasteiger partial charge in [-0.2, -0.15) is 5.10 Å². The molecule has 0 bridgehead atoms. The number of carboxylic acid groups (broad SMARTS) is 1. The first kappa shape index (κ1) is 9.45. The number of oxazole rings is 1. The summed E-state index contributed by atoms with van der Waals surface area (Å²) < 4.78 is 6.82. The highest BCUT2D eigenvalue weighted by Gasteiger charge is 2.17. The number of hydrogen-bond donors (Lipinski definition) is 1. The van der Waals surface area contributed by atoms with E-state index < -0.39 is 5.97 Å². The van der Waals surface area contributed by atoms with Gasteiger partial charge in [0.05, 0.1) is 11.8 Å². The van der Waals surface area contributed by atoms with Crippen LogP contribution < -0.4 is 0 Å². The van der Waals surface area contributed by atoms with Gasteiger partial charge in [-0.05, 0) is 6.92 Å². The first-order valence-corrected chi connectivity index (χ1v) is 4.27. The minimum Gasteiger partial charge on any atom is -0.476 e. The molecule has 2 aromatic rings. The Morgan fingerprint density at radius 3 is 2.80 bits per heavy atom. The molecule has 0 saturated heterocycles. The molecule has 78 valence electrons. The van der Waals surface area contributed by atoms with Crippen LogP contribution in [0.4, 0.5) is 0 Å². The Balaban J connectivity index is 2.46. The Morgan fingerprint density at radius 2 is 2.33 bits per heavy atom. The first-order valence-electron chi connectivity index (χ1n) is 4.27. The van der Waals surface area contributed by atoms with Crippen LogP contribution in [-0.4, -0.2) is 25.8 Å². The lowest BCUT2D eigenvalue weighted by Crippen LogP contribution is -1.98. The monoisotopic (exact) mass is 207 g/mol. The van der Waals surface area contributed by atoms with Gasteiger partial charge < -0.3 is 9.52 Å². The smallest absolute Gasteiger partial charge is 0.358 e. The third-order valence-corrected chi connectivity index (χ3v) is 1.95. The average Bonchev–Trinajstić information content (AvgIpc) is 2.71. The lowest BCUT2D eigenvalue weighted by Gasteiger charge is -1.85. The standard InChI is InChI=1S/C9H9N3O3/c1-5-7(9(13)14)11-8(15-5)6-3-10-12(2)4-6/h3-4H,1-2H3,(H,13,14). The minimum atomic E-state index is -1.09. The quantitative estimate of drug-likeness (QED) is 0.796. The minimum absolute atomic E-state index is 0.0612. The molecule has 0 aromatic carbocycles. The topological polar surface area (TPSA) is 81.2 Å². The lowest BCUT2D eigenvalue weighted by molar-refractivity contribution is 0.0689. The van der Waals surface area contributed by atoms with Crippen molar-refractivity contribution in [2.45, 2.75) is 6.92 Å². The van der Waals surface area contributed by atoms with Crippen LogP contribution in [0.5, 0.6) is 0 Å². The molecule has 0 fully saturated rings. The summed E-state index contributed by atoms with van der Waals surface area (Å²) in [5.74, 6) is -0.522. The highest BCUT2D eigenvalue weighted by atomic mass is 16.4. The zero-order valence-electron chi connectivity index (χ0n) is 8.26. The molecule has 0 saturated carbocycles. The highest BCUT2D eigenvalue weighted by molar-refractivity contribution is 5.87. The predicted octanol–water partition coefficient (Wildman–Crippen LogP) is 1.08. The van der Waals surface area contributed by atoms with Gasteiger partial charge in [0, 0.05) is 13.2 Å². The normalized spacial score (nSPS) is 10.5. The van der Waals surface area contributed by atoms with Crippen molar-refractivity contribution in [1.29, 1.82) is 0 Å². The van der Waals surface area contributed by atoms with Gasteiger partial charge in [0.2, 0.25) is 5.89 Å². The van der Waals surface area contributed by atoms with Gasteiger partial charge in [0.25, 0.3) is 0 Å². The summed E-state index contributed by atoms with van der Waals surface area (Å²) in [7, 11) is 1.76. The molecule has 0 radical (unpaired) electrons. The fourth-order valence-corrected chi connectivity index (χ4v) is 1.25. The molecule has 15 heavy (non-hydrogen) atoms. The molecule has 0 spiro atoms. The van der Waals surface area contributed by atoms with Gasteiger partial charge in [0.15, 0.2) is 5.69 Å². The largest absolute Gasteiger partial charge is 0.476 e. The average molecular weight is 207 g/mol. The van der Waals surface area contributed by atoms with Gasteiger partial charge >= 0.3 is 5.97 Å². The molecule has 0 aliphatic heterocycles.